The monoisotopic (exact) mass is 239 g/mol. The predicted molar refractivity (Wildman–Crippen MR) is 69.5 cm³/mol. The molecule has 1 aliphatic heterocycles. The molecule has 0 aromatic heterocycles. The number of benzene rings is 1. The Morgan fingerprint density at radius 3 is 2.62 bits per heavy atom. The van der Waals surface area contributed by atoms with Crippen LogP contribution in [0, 0.1) is 11.2 Å². The van der Waals surface area contributed by atoms with Crippen LogP contribution in [0.3, 0.4) is 0 Å². The molecule has 0 saturated carbocycles. The third kappa shape index (κ3) is 2.70. The summed E-state index contributed by atoms with van der Waals surface area (Å²) in [7, 11) is 0. The van der Waals surface area contributed by atoms with Crippen LogP contribution in [-0.4, -0.2) is 17.5 Å². The molecule has 2 rings (SSSR count). The van der Waals surface area contributed by atoms with E-state index in [9.17, 15) is 4.39 Å². The molecule has 0 aliphatic carbocycles. The highest BCUT2D eigenvalue weighted by molar-refractivity contribution is 7.99. The van der Waals surface area contributed by atoms with Gasteiger partial charge >= 0.3 is 0 Å². The summed E-state index contributed by atoms with van der Waals surface area (Å²) in [4.78, 5) is 0. The maximum absolute atomic E-state index is 12.8. The van der Waals surface area contributed by atoms with Crippen LogP contribution in [0.1, 0.15) is 20.3 Å². The highest BCUT2D eigenvalue weighted by atomic mass is 32.2. The summed E-state index contributed by atoms with van der Waals surface area (Å²) in [6.45, 7) is 4.60. The van der Waals surface area contributed by atoms with E-state index in [1.54, 1.807) is 0 Å². The van der Waals surface area contributed by atoms with Crippen molar-refractivity contribution in [2.24, 2.45) is 5.41 Å². The van der Waals surface area contributed by atoms with Gasteiger partial charge in [0, 0.05) is 17.5 Å². The number of nitrogens with one attached hydrogen (secondary N) is 1. The van der Waals surface area contributed by atoms with Gasteiger partial charge in [0.2, 0.25) is 0 Å². The van der Waals surface area contributed by atoms with Gasteiger partial charge in [0.1, 0.15) is 5.82 Å². The van der Waals surface area contributed by atoms with E-state index in [1.165, 1.54) is 24.3 Å². The zero-order chi connectivity index (χ0) is 11.6. The molecule has 1 fully saturated rings. The van der Waals surface area contributed by atoms with Gasteiger partial charge in [-0.2, -0.15) is 11.8 Å². The lowest BCUT2D eigenvalue weighted by molar-refractivity contribution is 0.305. The number of hydrogen-bond acceptors (Lipinski definition) is 2. The molecule has 0 radical (unpaired) electrons. The van der Waals surface area contributed by atoms with Crippen molar-refractivity contribution in [3.05, 3.63) is 30.1 Å². The van der Waals surface area contributed by atoms with Crippen LogP contribution < -0.4 is 5.32 Å². The Kier molecular flexibility index (Phi) is 3.43. The second kappa shape index (κ2) is 4.66. The minimum Gasteiger partial charge on any atom is -0.381 e. The number of hydrogen-bond donors (Lipinski definition) is 1. The first kappa shape index (κ1) is 11.8. The first-order valence-electron chi connectivity index (χ1n) is 5.68. The molecule has 3 heteroatoms. The SMILES string of the molecule is CC1(C)CCSCC1Nc1ccc(F)cc1. The summed E-state index contributed by atoms with van der Waals surface area (Å²) < 4.78 is 12.8. The standard InChI is InChI=1S/C13H18FNS/c1-13(2)7-8-16-9-12(13)15-11-5-3-10(14)4-6-11/h3-6,12,15H,7-9H2,1-2H3. The van der Waals surface area contributed by atoms with Gasteiger partial charge in [0.15, 0.2) is 0 Å². The quantitative estimate of drug-likeness (QED) is 0.843. The van der Waals surface area contributed by atoms with Gasteiger partial charge in [0.25, 0.3) is 0 Å². The van der Waals surface area contributed by atoms with Crippen molar-refractivity contribution in [2.45, 2.75) is 26.3 Å². The lowest BCUT2D eigenvalue weighted by atomic mass is 9.82. The second-order valence-corrected chi connectivity index (χ2v) is 6.17. The van der Waals surface area contributed by atoms with E-state index in [0.29, 0.717) is 11.5 Å². The zero-order valence-electron chi connectivity index (χ0n) is 9.79. The van der Waals surface area contributed by atoms with Crippen LogP contribution in [0.4, 0.5) is 10.1 Å². The minimum absolute atomic E-state index is 0.178. The molecule has 1 saturated heterocycles. The Hall–Kier alpha value is -0.700. The average Bonchev–Trinajstić information content (AvgIpc) is 2.24. The van der Waals surface area contributed by atoms with Crippen molar-refractivity contribution < 1.29 is 4.39 Å². The van der Waals surface area contributed by atoms with Crippen LogP contribution in [0.5, 0.6) is 0 Å². The van der Waals surface area contributed by atoms with Crippen LogP contribution in [-0.2, 0) is 0 Å². The number of halogens is 1. The predicted octanol–water partition coefficient (Wildman–Crippen LogP) is 3.77. The van der Waals surface area contributed by atoms with E-state index in [0.717, 1.165) is 11.4 Å². The summed E-state index contributed by atoms with van der Waals surface area (Å²) in [6.07, 6.45) is 1.23. The maximum Gasteiger partial charge on any atom is 0.123 e. The lowest BCUT2D eigenvalue weighted by Gasteiger charge is -2.39. The summed E-state index contributed by atoms with van der Waals surface area (Å²) in [5, 5.41) is 3.51. The topological polar surface area (TPSA) is 12.0 Å². The van der Waals surface area contributed by atoms with Gasteiger partial charge < -0.3 is 5.32 Å². The molecule has 1 aromatic rings. The molecule has 0 amide bonds. The van der Waals surface area contributed by atoms with Crippen molar-refractivity contribution in [3.63, 3.8) is 0 Å². The highest BCUT2D eigenvalue weighted by Crippen LogP contribution is 2.35. The van der Waals surface area contributed by atoms with E-state index in [2.05, 4.69) is 19.2 Å². The van der Waals surface area contributed by atoms with Gasteiger partial charge in [0.05, 0.1) is 0 Å². The Balaban J connectivity index is 2.05. The summed E-state index contributed by atoms with van der Waals surface area (Å²) in [5.41, 5.74) is 1.33. The van der Waals surface area contributed by atoms with Gasteiger partial charge in [-0.15, -0.1) is 0 Å². The van der Waals surface area contributed by atoms with Gasteiger partial charge in [-0.1, -0.05) is 13.8 Å². The van der Waals surface area contributed by atoms with Crippen molar-refractivity contribution >= 4 is 17.4 Å². The highest BCUT2D eigenvalue weighted by Gasteiger charge is 2.32. The largest absolute Gasteiger partial charge is 0.381 e. The summed E-state index contributed by atoms with van der Waals surface area (Å²) >= 11 is 1.99. The van der Waals surface area contributed by atoms with E-state index in [4.69, 9.17) is 0 Å². The van der Waals surface area contributed by atoms with Gasteiger partial charge in [-0.3, -0.25) is 0 Å². The van der Waals surface area contributed by atoms with Gasteiger partial charge in [-0.25, -0.2) is 4.39 Å². The minimum atomic E-state index is -0.178. The smallest absolute Gasteiger partial charge is 0.123 e. The van der Waals surface area contributed by atoms with Gasteiger partial charge in [-0.05, 0) is 41.9 Å². The molecular formula is C13H18FNS. The number of rotatable bonds is 2. The van der Waals surface area contributed by atoms with Crippen LogP contribution in [0.25, 0.3) is 0 Å². The van der Waals surface area contributed by atoms with Crippen molar-refractivity contribution in [2.75, 3.05) is 16.8 Å². The molecule has 1 aliphatic rings. The molecule has 1 atom stereocenters. The van der Waals surface area contributed by atoms with E-state index in [1.807, 2.05) is 23.9 Å². The van der Waals surface area contributed by atoms with Crippen LogP contribution in [0.15, 0.2) is 24.3 Å². The van der Waals surface area contributed by atoms with Crippen molar-refractivity contribution in [1.29, 1.82) is 0 Å². The first-order valence-corrected chi connectivity index (χ1v) is 6.83. The van der Waals surface area contributed by atoms with E-state index >= 15 is 0 Å². The molecule has 1 unspecified atom stereocenters. The Morgan fingerprint density at radius 1 is 1.31 bits per heavy atom. The molecule has 1 heterocycles. The van der Waals surface area contributed by atoms with Crippen LogP contribution in [0.2, 0.25) is 0 Å². The Bertz CT molecular complexity index is 347. The lowest BCUT2D eigenvalue weighted by Crippen LogP contribution is -2.41. The maximum atomic E-state index is 12.8. The third-order valence-corrected chi connectivity index (χ3v) is 4.37. The summed E-state index contributed by atoms with van der Waals surface area (Å²) in [6, 6.07) is 7.10. The molecular weight excluding hydrogens is 221 g/mol. The fourth-order valence-electron chi connectivity index (χ4n) is 1.92. The Labute approximate surface area is 101 Å². The average molecular weight is 239 g/mol. The fourth-order valence-corrected chi connectivity index (χ4v) is 3.53. The fraction of sp³-hybridized carbons (Fsp3) is 0.538. The molecule has 0 spiro atoms. The third-order valence-electron chi connectivity index (χ3n) is 3.30. The molecule has 1 nitrogen and oxygen atoms in total. The molecule has 88 valence electrons. The summed E-state index contributed by atoms with van der Waals surface area (Å²) in [5.74, 6) is 2.20. The van der Waals surface area contributed by atoms with E-state index < -0.39 is 0 Å². The number of anilines is 1. The Morgan fingerprint density at radius 2 is 2.00 bits per heavy atom. The number of thioether (sulfide) groups is 1. The normalized spacial score (nSPS) is 24.1. The molecule has 16 heavy (non-hydrogen) atoms. The second-order valence-electron chi connectivity index (χ2n) is 5.02. The van der Waals surface area contributed by atoms with E-state index in [-0.39, 0.29) is 5.82 Å². The van der Waals surface area contributed by atoms with Crippen molar-refractivity contribution in [1.82, 2.24) is 0 Å². The zero-order valence-corrected chi connectivity index (χ0v) is 10.6. The molecule has 0 bridgehead atoms. The molecule has 1 N–H and O–H groups in total. The first-order chi connectivity index (χ1) is 7.58. The molecule has 1 aromatic carbocycles. The van der Waals surface area contributed by atoms with Crippen molar-refractivity contribution in [3.8, 4) is 0 Å². The van der Waals surface area contributed by atoms with Crippen LogP contribution >= 0.6 is 11.8 Å².